The summed E-state index contributed by atoms with van der Waals surface area (Å²) in [5.41, 5.74) is 6.44. The molecule has 2 aromatic heterocycles. The van der Waals surface area contributed by atoms with Crippen molar-refractivity contribution in [1.82, 2.24) is 14.8 Å². The number of pyridine rings is 1. The number of anilines is 1. The summed E-state index contributed by atoms with van der Waals surface area (Å²) in [7, 11) is 0. The van der Waals surface area contributed by atoms with E-state index in [0.29, 0.717) is 11.6 Å². The van der Waals surface area contributed by atoms with Gasteiger partial charge in [0.25, 0.3) is 5.56 Å². The van der Waals surface area contributed by atoms with Crippen LogP contribution in [-0.4, -0.2) is 14.8 Å². The maximum absolute atomic E-state index is 11.0. The monoisotopic (exact) mass is 190 g/mol. The zero-order chi connectivity index (χ0) is 10.1. The summed E-state index contributed by atoms with van der Waals surface area (Å²) in [6, 6.07) is 5.04. The van der Waals surface area contributed by atoms with Gasteiger partial charge in [0.15, 0.2) is 5.82 Å². The summed E-state index contributed by atoms with van der Waals surface area (Å²) in [5.74, 6) is 0.970. The van der Waals surface area contributed by atoms with Crippen LogP contribution < -0.4 is 11.3 Å². The van der Waals surface area contributed by atoms with Crippen molar-refractivity contribution in [2.24, 2.45) is 0 Å². The molecule has 0 saturated heterocycles. The molecular formula is C9H10N4O. The van der Waals surface area contributed by atoms with Crippen LogP contribution in [0, 0.1) is 6.92 Å². The first-order valence-electron chi connectivity index (χ1n) is 4.17. The number of nitrogen functional groups attached to an aromatic ring is 1. The molecule has 5 nitrogen and oxygen atoms in total. The first kappa shape index (κ1) is 8.55. The highest BCUT2D eigenvalue weighted by atomic mass is 16.1. The lowest BCUT2D eigenvalue weighted by atomic mass is 10.3. The number of nitrogens with one attached hydrogen (secondary N) is 1. The molecule has 0 aromatic carbocycles. The molecule has 2 rings (SSSR count). The van der Waals surface area contributed by atoms with Crippen LogP contribution in [0.5, 0.6) is 0 Å². The van der Waals surface area contributed by atoms with E-state index in [4.69, 9.17) is 5.73 Å². The number of nitrogens with two attached hydrogens (primary N) is 1. The van der Waals surface area contributed by atoms with Gasteiger partial charge in [-0.2, -0.15) is 0 Å². The zero-order valence-corrected chi connectivity index (χ0v) is 7.69. The SMILES string of the molecule is Cc1ccnc(-n2[nH]c(=O)cc2N)c1. The molecule has 0 spiro atoms. The van der Waals surface area contributed by atoms with Crippen LogP contribution in [0.4, 0.5) is 5.82 Å². The van der Waals surface area contributed by atoms with Gasteiger partial charge < -0.3 is 5.73 Å². The predicted octanol–water partition coefficient (Wildman–Crippen LogP) is 0.451. The maximum Gasteiger partial charge on any atom is 0.266 e. The van der Waals surface area contributed by atoms with Crippen LogP contribution in [0.15, 0.2) is 29.2 Å². The Hall–Kier alpha value is -2.04. The number of aryl methyl sites for hydroxylation is 1. The fourth-order valence-electron chi connectivity index (χ4n) is 1.24. The van der Waals surface area contributed by atoms with Gasteiger partial charge in [-0.3, -0.25) is 9.89 Å². The van der Waals surface area contributed by atoms with Gasteiger partial charge in [0.1, 0.15) is 5.82 Å². The van der Waals surface area contributed by atoms with E-state index in [1.165, 1.54) is 10.7 Å². The lowest BCUT2D eigenvalue weighted by Crippen LogP contribution is -2.06. The van der Waals surface area contributed by atoms with Gasteiger partial charge in [0, 0.05) is 12.3 Å². The minimum absolute atomic E-state index is 0.231. The van der Waals surface area contributed by atoms with Crippen LogP contribution >= 0.6 is 0 Å². The summed E-state index contributed by atoms with van der Waals surface area (Å²) >= 11 is 0. The lowest BCUT2D eigenvalue weighted by Gasteiger charge is -2.03. The summed E-state index contributed by atoms with van der Waals surface area (Å²) in [4.78, 5) is 15.1. The van der Waals surface area contributed by atoms with E-state index >= 15 is 0 Å². The van der Waals surface area contributed by atoms with Crippen LogP contribution in [0.1, 0.15) is 5.56 Å². The molecule has 5 heteroatoms. The average Bonchev–Trinajstić information content (AvgIpc) is 2.45. The number of hydrogen-bond acceptors (Lipinski definition) is 3. The van der Waals surface area contributed by atoms with Crippen LogP contribution in [0.25, 0.3) is 5.82 Å². The van der Waals surface area contributed by atoms with Crippen molar-refractivity contribution in [3.05, 3.63) is 40.3 Å². The van der Waals surface area contributed by atoms with Gasteiger partial charge in [-0.1, -0.05) is 0 Å². The number of nitrogens with zero attached hydrogens (tertiary/aromatic N) is 2. The van der Waals surface area contributed by atoms with Crippen LogP contribution in [-0.2, 0) is 0 Å². The molecule has 3 N–H and O–H groups in total. The number of aromatic amines is 1. The summed E-state index contributed by atoms with van der Waals surface area (Å²) in [6.45, 7) is 1.95. The molecule has 0 bridgehead atoms. The Labute approximate surface area is 80.2 Å². The molecule has 0 aliphatic rings. The third-order valence-corrected chi connectivity index (χ3v) is 1.89. The Balaban J connectivity index is 2.59. The highest BCUT2D eigenvalue weighted by Crippen LogP contribution is 2.08. The molecule has 0 amide bonds. The largest absolute Gasteiger partial charge is 0.383 e. The summed E-state index contributed by atoms with van der Waals surface area (Å²) < 4.78 is 1.45. The fourth-order valence-corrected chi connectivity index (χ4v) is 1.24. The first-order chi connectivity index (χ1) is 6.66. The van der Waals surface area contributed by atoms with Gasteiger partial charge in [-0.05, 0) is 24.6 Å². The van der Waals surface area contributed by atoms with E-state index in [9.17, 15) is 4.79 Å². The molecule has 0 aliphatic heterocycles. The smallest absolute Gasteiger partial charge is 0.266 e. The molecule has 2 aromatic rings. The van der Waals surface area contributed by atoms with Gasteiger partial charge in [0.2, 0.25) is 0 Å². The molecule has 0 aliphatic carbocycles. The van der Waals surface area contributed by atoms with Crippen molar-refractivity contribution >= 4 is 5.82 Å². The molecule has 0 fully saturated rings. The molecule has 14 heavy (non-hydrogen) atoms. The van der Waals surface area contributed by atoms with Crippen molar-refractivity contribution in [3.63, 3.8) is 0 Å². The molecule has 0 radical (unpaired) electrons. The molecule has 2 heterocycles. The molecule has 0 unspecified atom stereocenters. The Bertz CT molecular complexity index is 512. The third-order valence-electron chi connectivity index (χ3n) is 1.89. The second-order valence-corrected chi connectivity index (χ2v) is 3.07. The standard InChI is InChI=1S/C9H10N4O/c1-6-2-3-11-8(4-6)13-7(10)5-9(14)12-13/h2-5H,10H2,1H3,(H,12,14). The Morgan fingerprint density at radius 1 is 1.50 bits per heavy atom. The first-order valence-corrected chi connectivity index (χ1v) is 4.17. The van der Waals surface area contributed by atoms with Crippen molar-refractivity contribution in [2.45, 2.75) is 6.92 Å². The molecule has 0 atom stereocenters. The summed E-state index contributed by atoms with van der Waals surface area (Å²) in [5, 5.41) is 2.56. The van der Waals surface area contributed by atoms with Crippen molar-refractivity contribution in [3.8, 4) is 5.82 Å². The van der Waals surface area contributed by atoms with Gasteiger partial charge in [0.05, 0.1) is 0 Å². The average molecular weight is 190 g/mol. The highest BCUT2D eigenvalue weighted by Gasteiger charge is 2.03. The minimum Gasteiger partial charge on any atom is -0.383 e. The van der Waals surface area contributed by atoms with Crippen molar-refractivity contribution < 1.29 is 0 Å². The Morgan fingerprint density at radius 3 is 2.86 bits per heavy atom. The minimum atomic E-state index is -0.231. The van der Waals surface area contributed by atoms with Crippen molar-refractivity contribution in [2.75, 3.05) is 5.73 Å². The second-order valence-electron chi connectivity index (χ2n) is 3.07. The fraction of sp³-hybridized carbons (Fsp3) is 0.111. The van der Waals surface area contributed by atoms with E-state index in [2.05, 4.69) is 10.1 Å². The van der Waals surface area contributed by atoms with Gasteiger partial charge in [-0.25, -0.2) is 9.67 Å². The van der Waals surface area contributed by atoms with Crippen LogP contribution in [0.3, 0.4) is 0 Å². The topological polar surface area (TPSA) is 76.7 Å². The van der Waals surface area contributed by atoms with E-state index in [1.54, 1.807) is 6.20 Å². The number of rotatable bonds is 1. The van der Waals surface area contributed by atoms with E-state index in [-0.39, 0.29) is 5.56 Å². The number of H-pyrrole nitrogens is 1. The predicted molar refractivity (Wildman–Crippen MR) is 53.3 cm³/mol. The Kier molecular flexibility index (Phi) is 1.85. The number of hydrogen-bond donors (Lipinski definition) is 2. The quantitative estimate of drug-likeness (QED) is 0.685. The number of aromatic nitrogens is 3. The molecule has 0 saturated carbocycles. The van der Waals surface area contributed by atoms with E-state index in [1.807, 2.05) is 19.1 Å². The lowest BCUT2D eigenvalue weighted by molar-refractivity contribution is 0.841. The van der Waals surface area contributed by atoms with Gasteiger partial charge in [-0.15, -0.1) is 0 Å². The molecular weight excluding hydrogens is 180 g/mol. The Morgan fingerprint density at radius 2 is 2.29 bits per heavy atom. The van der Waals surface area contributed by atoms with E-state index in [0.717, 1.165) is 5.56 Å². The molecule has 72 valence electrons. The second kappa shape index (κ2) is 3.02. The van der Waals surface area contributed by atoms with Crippen LogP contribution in [0.2, 0.25) is 0 Å². The summed E-state index contributed by atoms with van der Waals surface area (Å²) in [6.07, 6.45) is 1.67. The van der Waals surface area contributed by atoms with E-state index < -0.39 is 0 Å². The maximum atomic E-state index is 11.0. The zero-order valence-electron chi connectivity index (χ0n) is 7.69. The van der Waals surface area contributed by atoms with Crippen molar-refractivity contribution in [1.29, 1.82) is 0 Å². The normalized spacial score (nSPS) is 10.4. The highest BCUT2D eigenvalue weighted by molar-refractivity contribution is 5.37. The third kappa shape index (κ3) is 1.39. The van der Waals surface area contributed by atoms with Gasteiger partial charge >= 0.3 is 0 Å².